The number of aliphatic carboxylic acids is 1. The van der Waals surface area contributed by atoms with Gasteiger partial charge in [-0.05, 0) is 68.7 Å². The molecule has 2 aliphatic rings. The van der Waals surface area contributed by atoms with Crippen LogP contribution in [0.25, 0.3) is 0 Å². The van der Waals surface area contributed by atoms with Crippen LogP contribution in [-0.2, 0) is 49.1 Å². The second-order valence-corrected chi connectivity index (χ2v) is 20.0. The number of carboxylic acid groups (broad SMARTS) is 1. The predicted octanol–water partition coefficient (Wildman–Crippen LogP) is 2.58. The number of rotatable bonds is 18. The van der Waals surface area contributed by atoms with Gasteiger partial charge in [-0.15, -0.1) is 0 Å². The Kier molecular flexibility index (Phi) is 16.0. The fourth-order valence-corrected chi connectivity index (χ4v) is 9.89. The molecule has 2 aliphatic heterocycles. The van der Waals surface area contributed by atoms with Gasteiger partial charge in [0.2, 0.25) is 5.69 Å². The van der Waals surface area contributed by atoms with Crippen LogP contribution >= 0.6 is 0 Å². The van der Waals surface area contributed by atoms with Crippen LogP contribution in [0, 0.1) is 0 Å². The van der Waals surface area contributed by atoms with Crippen molar-refractivity contribution in [3.63, 3.8) is 0 Å². The molecule has 0 aromatic heterocycles. The van der Waals surface area contributed by atoms with Gasteiger partial charge in [-0.2, -0.15) is 4.58 Å². The van der Waals surface area contributed by atoms with Gasteiger partial charge < -0.3 is 32.4 Å². The fraction of sp³-hybridized carbons (Fsp3) is 0.459. The van der Waals surface area contributed by atoms with Crippen molar-refractivity contribution in [3.8, 4) is 0 Å². The molecule has 0 saturated heterocycles. The summed E-state index contributed by atoms with van der Waals surface area (Å²) in [5.74, 6) is -0.846. The summed E-state index contributed by atoms with van der Waals surface area (Å²) in [5.41, 5.74) is 3.43. The van der Waals surface area contributed by atoms with Crippen molar-refractivity contribution in [2.24, 2.45) is 0 Å². The van der Waals surface area contributed by atoms with Crippen LogP contribution in [0.4, 0.5) is 11.4 Å². The monoisotopic (exact) mass is 828 g/mol. The molecule has 0 atom stereocenters. The zero-order chi connectivity index (χ0) is 39.4. The standard InChI is InChI=1S/C37H50N2O11S2Si.K/c1-36(2)29-25-27(51(42,43)44)18-20-31(29)38(22-13-9-12-17-35(40)41)33(36)15-10-8-11-16-34-37(3,4)30-26-28(52(45,46)47)19-21-32(30)39(34)23-14-24-53(48-5,49-6)50-7;/h8,10-11,15-16,18-21,25-26H,9,12-14,17,22-24H2,1-7H3,(H2-,40,41,42,43,44,45,46,47);/q;+1/p-1. The molecule has 54 heavy (non-hydrogen) atoms. The van der Waals surface area contributed by atoms with Gasteiger partial charge in [0.05, 0.1) is 15.2 Å². The molecule has 0 bridgehead atoms. The summed E-state index contributed by atoms with van der Waals surface area (Å²) in [6.45, 7) is 8.97. The average Bonchev–Trinajstić information content (AvgIpc) is 3.43. The Hall–Kier alpha value is -1.85. The first-order chi connectivity index (χ1) is 24.7. The second kappa shape index (κ2) is 18.6. The van der Waals surface area contributed by atoms with E-state index in [2.05, 4.69) is 9.48 Å². The number of anilines is 1. The Morgan fingerprint density at radius 3 is 2.00 bits per heavy atom. The zero-order valence-electron chi connectivity index (χ0n) is 32.2. The number of hydrogen-bond acceptors (Lipinski definition) is 11. The largest absolute Gasteiger partial charge is 1.00 e. The van der Waals surface area contributed by atoms with E-state index in [0.717, 1.165) is 22.8 Å². The molecule has 4 rings (SSSR count). The van der Waals surface area contributed by atoms with E-state index >= 15 is 0 Å². The number of carbonyl (C=O) groups is 1. The summed E-state index contributed by atoms with van der Waals surface area (Å²) in [5, 5.41) is 9.03. The van der Waals surface area contributed by atoms with Crippen molar-refractivity contribution in [2.75, 3.05) is 39.3 Å². The molecule has 0 fully saturated rings. The van der Waals surface area contributed by atoms with Crippen LogP contribution in [-0.4, -0.2) is 90.5 Å². The number of fused-ring (bicyclic) bond motifs is 2. The molecular weight excluding hydrogens is 780 g/mol. The Labute approximate surface area is 363 Å². The van der Waals surface area contributed by atoms with Gasteiger partial charge in [-0.1, -0.05) is 38.5 Å². The Morgan fingerprint density at radius 1 is 0.833 bits per heavy atom. The topological polar surface area (TPSA) is 186 Å². The molecule has 2 aromatic carbocycles. The predicted molar refractivity (Wildman–Crippen MR) is 201 cm³/mol. The molecule has 13 nitrogen and oxygen atoms in total. The molecule has 0 saturated carbocycles. The second-order valence-electron chi connectivity index (χ2n) is 14.1. The molecule has 2 aromatic rings. The maximum atomic E-state index is 11.9. The maximum Gasteiger partial charge on any atom is 1.00 e. The molecule has 0 aliphatic carbocycles. The van der Waals surface area contributed by atoms with Crippen LogP contribution in [0.3, 0.4) is 0 Å². The third kappa shape index (κ3) is 10.4. The van der Waals surface area contributed by atoms with Crippen LogP contribution in [0.1, 0.15) is 70.9 Å². The van der Waals surface area contributed by atoms with Gasteiger partial charge >= 0.3 is 66.2 Å². The minimum atomic E-state index is -4.67. The summed E-state index contributed by atoms with van der Waals surface area (Å²) in [6, 6.07) is 9.38. The molecular formula is C37H49KN2O11S2Si. The summed E-state index contributed by atoms with van der Waals surface area (Å²) in [6.07, 6.45) is 12.2. The quantitative estimate of drug-likeness (QED) is 0.0763. The molecule has 0 amide bonds. The summed E-state index contributed by atoms with van der Waals surface area (Å²) in [4.78, 5) is 12.5. The van der Waals surface area contributed by atoms with Crippen LogP contribution in [0.2, 0.25) is 6.04 Å². The minimum absolute atomic E-state index is 0. The van der Waals surface area contributed by atoms with Gasteiger partial charge in [0.25, 0.3) is 0 Å². The smallest absolute Gasteiger partial charge is 0.744 e. The van der Waals surface area contributed by atoms with Gasteiger partial charge in [0.15, 0.2) is 5.71 Å². The molecule has 1 N–H and O–H groups in total. The number of nitrogens with zero attached hydrogens (tertiary/aromatic N) is 2. The number of hydrogen-bond donors (Lipinski definition) is 1. The number of benzene rings is 2. The van der Waals surface area contributed by atoms with E-state index in [0.29, 0.717) is 55.9 Å². The van der Waals surface area contributed by atoms with Gasteiger partial charge in [0.1, 0.15) is 26.8 Å². The van der Waals surface area contributed by atoms with Crippen molar-refractivity contribution >= 4 is 52.1 Å². The Morgan fingerprint density at radius 2 is 1.43 bits per heavy atom. The van der Waals surface area contributed by atoms with E-state index in [9.17, 15) is 30.7 Å². The first-order valence-corrected chi connectivity index (χ1v) is 22.0. The van der Waals surface area contributed by atoms with Gasteiger partial charge in [-0.3, -0.25) is 4.79 Å². The zero-order valence-corrected chi connectivity index (χ0v) is 38.0. The summed E-state index contributed by atoms with van der Waals surface area (Å²) >= 11 is 0. The van der Waals surface area contributed by atoms with Gasteiger partial charge in [-0.25, -0.2) is 16.8 Å². The van der Waals surface area contributed by atoms with Crippen molar-refractivity contribution in [3.05, 3.63) is 83.6 Å². The van der Waals surface area contributed by atoms with E-state index < -0.39 is 45.8 Å². The van der Waals surface area contributed by atoms with Crippen molar-refractivity contribution < 1.29 is 105 Å². The van der Waals surface area contributed by atoms with E-state index in [4.69, 9.17) is 18.4 Å². The number of allylic oxidation sites excluding steroid dienone is 6. The molecule has 0 spiro atoms. The first kappa shape index (κ1) is 46.5. The third-order valence-corrected chi connectivity index (χ3v) is 14.6. The molecule has 290 valence electrons. The van der Waals surface area contributed by atoms with Gasteiger partial charge in [0, 0.05) is 81.3 Å². The van der Waals surface area contributed by atoms with E-state index in [-0.39, 0.29) is 67.6 Å². The molecule has 17 heteroatoms. The SMILES string of the molecule is CO[Si](CCC[N+]1=C(/C=C/C=C/C=C2/N(CCCCCC(=O)O)c3ccc(S(=O)(=O)[O-])cc3C2(C)C)C(C)(C)c2cc(S(=O)(=O)[O-])ccc21)(OC)OC.[K+]. The Bertz CT molecular complexity index is 2050. The van der Waals surface area contributed by atoms with E-state index in [1.807, 2.05) is 58.1 Å². The molecule has 0 radical (unpaired) electrons. The molecule has 2 heterocycles. The van der Waals surface area contributed by atoms with Crippen LogP contribution in [0.15, 0.2) is 82.3 Å². The van der Waals surface area contributed by atoms with Crippen LogP contribution in [0.5, 0.6) is 0 Å². The summed E-state index contributed by atoms with van der Waals surface area (Å²) < 4.78 is 90.4. The number of carboxylic acids is 1. The average molecular weight is 829 g/mol. The third-order valence-electron chi connectivity index (χ3n) is 10.1. The summed E-state index contributed by atoms with van der Waals surface area (Å²) in [7, 11) is -7.53. The normalized spacial score (nSPS) is 17.4. The van der Waals surface area contributed by atoms with Crippen molar-refractivity contribution in [1.29, 1.82) is 0 Å². The van der Waals surface area contributed by atoms with Crippen molar-refractivity contribution in [2.45, 2.75) is 86.5 Å². The van der Waals surface area contributed by atoms with E-state index in [1.165, 1.54) is 24.3 Å². The Balaban J connectivity index is 0.00000784. The van der Waals surface area contributed by atoms with E-state index in [1.54, 1.807) is 33.5 Å². The van der Waals surface area contributed by atoms with Crippen molar-refractivity contribution in [1.82, 2.24) is 0 Å². The maximum absolute atomic E-state index is 11.9. The molecule has 0 unspecified atom stereocenters. The first-order valence-electron chi connectivity index (χ1n) is 17.3. The minimum Gasteiger partial charge on any atom is -0.744 e. The number of unbranched alkanes of at least 4 members (excludes halogenated alkanes) is 2. The van der Waals surface area contributed by atoms with Crippen LogP contribution < -0.4 is 56.3 Å². The fourth-order valence-electron chi connectivity index (χ4n) is 7.19.